The summed E-state index contributed by atoms with van der Waals surface area (Å²) in [7, 11) is -9.78. The molecule has 0 aromatic rings. The Balaban J connectivity index is 4.46. The number of phosphoric acid groups is 2. The van der Waals surface area contributed by atoms with Crippen LogP contribution in [-0.4, -0.2) is 95.9 Å². The molecule has 18 heteroatoms. The Kier molecular flexibility index (Phi) is 72.6. The topological polar surface area (TPSA) is 231 Å². The van der Waals surface area contributed by atoms with Gasteiger partial charge in [0.2, 0.25) is 0 Å². The van der Waals surface area contributed by atoms with Gasteiger partial charge in [0.05, 0.1) is 26.4 Å². The van der Waals surface area contributed by atoms with Crippen molar-refractivity contribution in [2.24, 2.45) is 0 Å². The highest BCUT2D eigenvalue weighted by atomic mass is 31.2. The number of phosphoric ester groups is 2. The molecule has 0 heterocycles. The lowest BCUT2D eigenvalue weighted by Gasteiger charge is -2.21. The lowest BCUT2D eigenvalue weighted by molar-refractivity contribution is -0.161. The van der Waals surface area contributed by atoms with Crippen molar-refractivity contribution in [3.8, 4) is 0 Å². The first-order valence-electron chi connectivity index (χ1n) is 39.8. The normalized spacial score (nSPS) is 14.6. The van der Waals surface area contributed by atoms with Crippen LogP contribution in [0.3, 0.4) is 0 Å². The Morgan fingerprint density at radius 1 is 0.287 bits per heavy atom. The zero-order valence-corrected chi connectivity index (χ0v) is 65.3. The minimum absolute atomic E-state index is 0.106. The third kappa shape index (κ3) is 76.9. The highest BCUT2D eigenvalue weighted by molar-refractivity contribution is 7.47. The van der Waals surface area contributed by atoms with Crippen LogP contribution < -0.4 is 0 Å². The van der Waals surface area contributed by atoms with Crippen LogP contribution in [0, 0.1) is 0 Å². The number of hydrogen-bond donors (Lipinski definition) is 4. The summed E-state index contributed by atoms with van der Waals surface area (Å²) in [6.45, 7) is 2.46. The van der Waals surface area contributed by atoms with E-state index in [0.717, 1.165) is 148 Å². The summed E-state index contributed by atoms with van der Waals surface area (Å²) in [6, 6.07) is 0. The number of carbonyl (C=O) groups is 3. The van der Waals surface area contributed by atoms with E-state index >= 15 is 0 Å². The van der Waals surface area contributed by atoms with Gasteiger partial charge in [-0.2, -0.15) is 0 Å². The first kappa shape index (κ1) is 97.0. The predicted molar refractivity (Wildman–Crippen MR) is 417 cm³/mol. The van der Waals surface area contributed by atoms with Gasteiger partial charge in [0, 0.05) is 19.3 Å². The number of unbranched alkanes of at least 4 members (excludes halogenated alkanes) is 32. The largest absolute Gasteiger partial charge is 0.472 e. The van der Waals surface area contributed by atoms with Gasteiger partial charge in [-0.3, -0.25) is 32.5 Å². The number of allylic oxidation sites excluding steroid dienone is 20. The van der Waals surface area contributed by atoms with Crippen molar-refractivity contribution in [1.29, 1.82) is 0 Å². The molecule has 0 aliphatic rings. The minimum atomic E-state index is -4.93. The summed E-state index contributed by atoms with van der Waals surface area (Å²) in [5, 5.41) is 20.6. The van der Waals surface area contributed by atoms with E-state index in [1.54, 1.807) is 0 Å². The highest BCUT2D eigenvalue weighted by Crippen LogP contribution is 2.45. The van der Waals surface area contributed by atoms with Crippen LogP contribution in [-0.2, 0) is 55.8 Å². The number of esters is 3. The van der Waals surface area contributed by atoms with Crippen molar-refractivity contribution in [2.45, 2.75) is 347 Å². The minimum Gasteiger partial charge on any atom is -0.463 e. The number of aliphatic hydroxyl groups excluding tert-OH is 2. The molecule has 0 saturated heterocycles. The van der Waals surface area contributed by atoms with E-state index in [1.807, 2.05) is 0 Å². The quantitative estimate of drug-likeness (QED) is 0.0146. The Bertz CT molecular complexity index is 2320. The van der Waals surface area contributed by atoms with Gasteiger partial charge >= 0.3 is 33.6 Å². The van der Waals surface area contributed by atoms with Gasteiger partial charge in [-0.05, 0) is 109 Å². The Hall–Kier alpha value is -4.05. The molecular formula is C83H144O16P2. The fourth-order valence-electron chi connectivity index (χ4n) is 10.7. The molecule has 5 unspecified atom stereocenters. The maximum Gasteiger partial charge on any atom is 0.472 e. The Labute approximate surface area is 614 Å². The Morgan fingerprint density at radius 2 is 0.525 bits per heavy atom. The van der Waals surface area contributed by atoms with E-state index in [1.165, 1.54) is 122 Å². The summed E-state index contributed by atoms with van der Waals surface area (Å²) in [6.07, 6.45) is 89.7. The summed E-state index contributed by atoms with van der Waals surface area (Å²) in [5.74, 6) is -1.57. The molecule has 0 saturated carbocycles. The SMILES string of the molecule is CC/C=C\C/C=C\C/C=C\C/C=C\C/C=C\CCCCCCCCCCCCCC(=O)OCC(O)COP(=O)(O)OCC(O)COP(=O)(O)OCC(COC(=O)CCCCCCCCCCCCC/C=C\C/C=C\C/C=C\C/C=C\C/C=C\CC)OC(=O)CCCCCCCCCCCCC. The predicted octanol–water partition coefficient (Wildman–Crippen LogP) is 23.3. The summed E-state index contributed by atoms with van der Waals surface area (Å²) < 4.78 is 61.1. The van der Waals surface area contributed by atoms with Crippen molar-refractivity contribution in [3.05, 3.63) is 122 Å². The fourth-order valence-corrected chi connectivity index (χ4v) is 12.3. The molecule has 0 amide bonds. The average Bonchev–Trinajstić information content (AvgIpc) is 0.947. The summed E-state index contributed by atoms with van der Waals surface area (Å²) >= 11 is 0. The lowest BCUT2D eigenvalue weighted by atomic mass is 10.0. The fraction of sp³-hybridized carbons (Fsp3) is 0.723. The third-order valence-electron chi connectivity index (χ3n) is 16.7. The number of hydrogen-bond acceptors (Lipinski definition) is 14. The van der Waals surface area contributed by atoms with Crippen molar-refractivity contribution in [1.82, 2.24) is 0 Å². The van der Waals surface area contributed by atoms with E-state index in [-0.39, 0.29) is 19.3 Å². The molecule has 0 aliphatic carbocycles. The molecule has 0 aromatic carbocycles. The number of ether oxygens (including phenoxy) is 3. The summed E-state index contributed by atoms with van der Waals surface area (Å²) in [4.78, 5) is 58.6. The van der Waals surface area contributed by atoms with E-state index in [9.17, 15) is 43.5 Å². The number of rotatable bonds is 75. The zero-order valence-electron chi connectivity index (χ0n) is 63.5. The van der Waals surface area contributed by atoms with Crippen LogP contribution in [0.4, 0.5) is 0 Å². The molecular weight excluding hydrogens is 1310 g/mol. The maximum atomic E-state index is 12.9. The second kappa shape index (κ2) is 75.6. The highest BCUT2D eigenvalue weighted by Gasteiger charge is 2.29. The molecule has 101 heavy (non-hydrogen) atoms. The van der Waals surface area contributed by atoms with E-state index in [4.69, 9.17) is 32.3 Å². The van der Waals surface area contributed by atoms with Gasteiger partial charge in [-0.25, -0.2) is 9.13 Å². The molecule has 0 aromatic heterocycles. The second-order valence-electron chi connectivity index (χ2n) is 26.5. The molecule has 0 fully saturated rings. The van der Waals surface area contributed by atoms with Gasteiger partial charge in [-0.15, -0.1) is 0 Å². The Morgan fingerprint density at radius 3 is 0.832 bits per heavy atom. The van der Waals surface area contributed by atoms with Gasteiger partial charge in [0.15, 0.2) is 6.10 Å². The zero-order chi connectivity index (χ0) is 73.7. The first-order valence-corrected chi connectivity index (χ1v) is 42.8. The first-order chi connectivity index (χ1) is 49.2. The van der Waals surface area contributed by atoms with Crippen LogP contribution in [0.5, 0.6) is 0 Å². The summed E-state index contributed by atoms with van der Waals surface area (Å²) in [5.41, 5.74) is 0. The lowest BCUT2D eigenvalue weighted by Crippen LogP contribution is -2.30. The van der Waals surface area contributed by atoms with Gasteiger partial charge in [0.25, 0.3) is 0 Å². The standard InChI is InChI=1S/C83H144O16P2/c1-4-7-10-13-16-19-22-24-26-28-30-32-34-36-38-40-42-44-46-48-50-52-55-57-60-63-66-69-81(86)93-72-78(84)73-95-100(89,90)96-74-79(85)75-97-101(91,92)98-77-80(99-83(88)71-68-65-62-59-54-21-18-15-12-9-6-3)76-94-82(87)70-67-64-61-58-56-53-51-49-47-45-43-41-39-37-35-33-31-29-27-25-23-20-17-14-11-8-5-2/h7-8,10-11,16-17,19-20,24-27,30-33,36-39,78-80,84-85H,4-6,9,12-15,18,21-23,28-29,34-35,40-77H2,1-3H3,(H,89,90)(H,91,92)/b10-7-,11-8-,19-16-,20-17-,26-24-,27-25-,32-30-,33-31-,38-36-,39-37-. The van der Waals surface area contributed by atoms with Crippen LogP contribution in [0.15, 0.2) is 122 Å². The number of aliphatic hydroxyl groups is 2. The average molecular weight is 1460 g/mol. The van der Waals surface area contributed by atoms with Crippen LogP contribution in [0.1, 0.15) is 329 Å². The molecule has 582 valence electrons. The molecule has 0 radical (unpaired) electrons. The van der Waals surface area contributed by atoms with Gasteiger partial charge in [0.1, 0.15) is 25.4 Å². The molecule has 16 nitrogen and oxygen atoms in total. The maximum absolute atomic E-state index is 12.9. The second-order valence-corrected chi connectivity index (χ2v) is 29.4. The van der Waals surface area contributed by atoms with E-state index < -0.39 is 91.5 Å². The van der Waals surface area contributed by atoms with E-state index in [2.05, 4.69) is 142 Å². The van der Waals surface area contributed by atoms with Crippen molar-refractivity contribution in [3.63, 3.8) is 0 Å². The van der Waals surface area contributed by atoms with Gasteiger partial charge in [-0.1, -0.05) is 322 Å². The molecule has 0 aliphatic heterocycles. The molecule has 0 spiro atoms. The third-order valence-corrected chi connectivity index (χ3v) is 18.6. The smallest absolute Gasteiger partial charge is 0.463 e. The van der Waals surface area contributed by atoms with E-state index in [0.29, 0.717) is 19.3 Å². The molecule has 0 rings (SSSR count). The van der Waals surface area contributed by atoms with Crippen molar-refractivity contribution < 1.29 is 75.8 Å². The van der Waals surface area contributed by atoms with Crippen LogP contribution in [0.2, 0.25) is 0 Å². The van der Waals surface area contributed by atoms with Crippen LogP contribution in [0.25, 0.3) is 0 Å². The molecule has 0 bridgehead atoms. The van der Waals surface area contributed by atoms with Crippen molar-refractivity contribution >= 4 is 33.6 Å². The molecule has 4 N–H and O–H groups in total. The van der Waals surface area contributed by atoms with Crippen molar-refractivity contribution in [2.75, 3.05) is 39.6 Å². The van der Waals surface area contributed by atoms with Crippen LogP contribution >= 0.6 is 15.6 Å². The molecule has 5 atom stereocenters. The van der Waals surface area contributed by atoms with Gasteiger partial charge < -0.3 is 34.2 Å². The monoisotopic (exact) mass is 1460 g/mol. The number of carbonyl (C=O) groups excluding carboxylic acids is 3.